The molecule has 0 fully saturated rings. The largest absolute Gasteiger partial charge is 0.496 e. The van der Waals surface area contributed by atoms with Crippen LogP contribution in [0, 0.1) is 5.82 Å². The highest BCUT2D eigenvalue weighted by molar-refractivity contribution is 5.96. The molecule has 6 heteroatoms. The first kappa shape index (κ1) is 18.4. The molecule has 0 radical (unpaired) electrons. The van der Waals surface area contributed by atoms with E-state index in [9.17, 15) is 14.0 Å². The monoisotopic (exact) mass is 344 g/mol. The lowest BCUT2D eigenvalue weighted by molar-refractivity contribution is -0.126. The molecule has 0 saturated heterocycles. The van der Waals surface area contributed by atoms with Gasteiger partial charge in [-0.3, -0.25) is 9.59 Å². The third-order valence-corrected chi connectivity index (χ3v) is 3.72. The molecule has 2 amide bonds. The molecule has 0 heterocycles. The predicted molar refractivity (Wildman–Crippen MR) is 93.9 cm³/mol. The van der Waals surface area contributed by atoms with Gasteiger partial charge in [-0.1, -0.05) is 30.3 Å². The lowest BCUT2D eigenvalue weighted by Crippen LogP contribution is -2.41. The first-order chi connectivity index (χ1) is 12.0. The zero-order valence-corrected chi connectivity index (χ0v) is 14.2. The summed E-state index contributed by atoms with van der Waals surface area (Å²) in [5, 5.41) is 5.07. The minimum absolute atomic E-state index is 0.0858. The normalized spacial score (nSPS) is 11.5. The van der Waals surface area contributed by atoms with E-state index in [1.807, 2.05) is 24.3 Å². The maximum absolute atomic E-state index is 13.5. The van der Waals surface area contributed by atoms with Crippen LogP contribution in [-0.2, 0) is 16.0 Å². The number of benzene rings is 2. The highest BCUT2D eigenvalue weighted by atomic mass is 19.1. The van der Waals surface area contributed by atoms with E-state index in [1.54, 1.807) is 20.1 Å². The first-order valence-corrected chi connectivity index (χ1v) is 7.98. The van der Waals surface area contributed by atoms with Crippen LogP contribution >= 0.6 is 0 Å². The number of hydrogen-bond donors (Lipinski definition) is 2. The fraction of sp³-hybridized carbons (Fsp3) is 0.263. The van der Waals surface area contributed by atoms with Crippen LogP contribution in [0.25, 0.3) is 0 Å². The van der Waals surface area contributed by atoms with E-state index in [0.717, 1.165) is 11.3 Å². The lowest BCUT2D eigenvalue weighted by atomic mass is 10.1. The van der Waals surface area contributed by atoms with Crippen LogP contribution in [0.2, 0.25) is 0 Å². The number of carbonyl (C=O) groups is 2. The van der Waals surface area contributed by atoms with Gasteiger partial charge in [0, 0.05) is 6.42 Å². The Bertz CT molecular complexity index is 749. The summed E-state index contributed by atoms with van der Waals surface area (Å²) in [6.45, 7) is 1.55. The number of halogens is 1. The molecular weight excluding hydrogens is 323 g/mol. The highest BCUT2D eigenvalue weighted by Gasteiger charge is 2.17. The third-order valence-electron chi connectivity index (χ3n) is 3.72. The summed E-state index contributed by atoms with van der Waals surface area (Å²) < 4.78 is 18.8. The standard InChI is InChI=1S/C19H21FN2O3/c1-13(19(24)22-16-9-5-4-8-15(16)20)21-18(23)12-11-14-7-3-6-10-17(14)25-2/h3-10,13H,11-12H2,1-2H3,(H,21,23)(H,22,24). The van der Waals surface area contributed by atoms with Crippen molar-refractivity contribution >= 4 is 17.5 Å². The molecule has 0 aliphatic heterocycles. The number of carbonyl (C=O) groups excluding carboxylic acids is 2. The number of ether oxygens (including phenoxy) is 1. The Kier molecular flexibility index (Phi) is 6.51. The summed E-state index contributed by atoms with van der Waals surface area (Å²) in [7, 11) is 1.58. The third kappa shape index (κ3) is 5.31. The molecule has 0 spiro atoms. The molecule has 2 rings (SSSR count). The van der Waals surface area contributed by atoms with Gasteiger partial charge in [0.15, 0.2) is 0 Å². The van der Waals surface area contributed by atoms with Gasteiger partial charge >= 0.3 is 0 Å². The van der Waals surface area contributed by atoms with Crippen molar-refractivity contribution in [2.75, 3.05) is 12.4 Å². The average molecular weight is 344 g/mol. The Labute approximate surface area is 146 Å². The van der Waals surface area contributed by atoms with Crippen LogP contribution in [0.3, 0.4) is 0 Å². The maximum Gasteiger partial charge on any atom is 0.246 e. The molecule has 132 valence electrons. The van der Waals surface area contributed by atoms with E-state index >= 15 is 0 Å². The van der Waals surface area contributed by atoms with E-state index in [0.29, 0.717) is 6.42 Å². The van der Waals surface area contributed by atoms with Crippen LogP contribution in [0.4, 0.5) is 10.1 Å². The summed E-state index contributed by atoms with van der Waals surface area (Å²) in [6, 6.07) is 12.6. The van der Waals surface area contributed by atoms with Gasteiger partial charge in [-0.15, -0.1) is 0 Å². The SMILES string of the molecule is COc1ccccc1CCC(=O)NC(C)C(=O)Nc1ccccc1F. The number of methoxy groups -OCH3 is 1. The fourth-order valence-corrected chi connectivity index (χ4v) is 2.34. The van der Waals surface area contributed by atoms with Crippen LogP contribution in [0.15, 0.2) is 48.5 Å². The number of hydrogen-bond acceptors (Lipinski definition) is 3. The van der Waals surface area contributed by atoms with Gasteiger partial charge in [0.25, 0.3) is 0 Å². The molecular formula is C19H21FN2O3. The van der Waals surface area contributed by atoms with Crippen molar-refractivity contribution in [1.82, 2.24) is 5.32 Å². The molecule has 5 nitrogen and oxygen atoms in total. The second-order valence-electron chi connectivity index (χ2n) is 5.57. The molecule has 0 bridgehead atoms. The Balaban J connectivity index is 1.85. The summed E-state index contributed by atoms with van der Waals surface area (Å²) in [5.41, 5.74) is 1.01. The van der Waals surface area contributed by atoms with Crippen LogP contribution in [0.5, 0.6) is 5.75 Å². The lowest BCUT2D eigenvalue weighted by Gasteiger charge is -2.15. The number of aryl methyl sites for hydroxylation is 1. The van der Waals surface area contributed by atoms with Gasteiger partial charge in [-0.25, -0.2) is 4.39 Å². The smallest absolute Gasteiger partial charge is 0.246 e. The molecule has 1 atom stereocenters. The minimum atomic E-state index is -0.773. The molecule has 0 aliphatic rings. The molecule has 2 aromatic rings. The average Bonchev–Trinajstić information content (AvgIpc) is 2.62. The van der Waals surface area contributed by atoms with E-state index in [2.05, 4.69) is 10.6 Å². The Hall–Kier alpha value is -2.89. The summed E-state index contributed by atoms with van der Waals surface area (Å²) in [4.78, 5) is 24.1. The van der Waals surface area contributed by atoms with Crippen LogP contribution < -0.4 is 15.4 Å². The topological polar surface area (TPSA) is 67.4 Å². The van der Waals surface area contributed by atoms with Gasteiger partial charge in [0.1, 0.15) is 17.6 Å². The Morgan fingerprint density at radius 2 is 1.80 bits per heavy atom. The van der Waals surface area contributed by atoms with Gasteiger partial charge < -0.3 is 15.4 Å². The summed E-state index contributed by atoms with van der Waals surface area (Å²) >= 11 is 0. The highest BCUT2D eigenvalue weighted by Crippen LogP contribution is 2.18. The Morgan fingerprint density at radius 3 is 2.52 bits per heavy atom. The van der Waals surface area contributed by atoms with Gasteiger partial charge in [0.2, 0.25) is 11.8 Å². The van der Waals surface area contributed by atoms with Crippen molar-refractivity contribution in [2.24, 2.45) is 0 Å². The van der Waals surface area contributed by atoms with Crippen molar-refractivity contribution in [1.29, 1.82) is 0 Å². The molecule has 25 heavy (non-hydrogen) atoms. The van der Waals surface area contributed by atoms with Gasteiger partial charge in [-0.05, 0) is 37.1 Å². The second-order valence-corrected chi connectivity index (χ2v) is 5.57. The van der Waals surface area contributed by atoms with Crippen LogP contribution in [-0.4, -0.2) is 25.0 Å². The van der Waals surface area contributed by atoms with E-state index in [-0.39, 0.29) is 18.0 Å². The predicted octanol–water partition coefficient (Wildman–Crippen LogP) is 2.91. The molecule has 0 aliphatic carbocycles. The zero-order chi connectivity index (χ0) is 18.2. The van der Waals surface area contributed by atoms with Crippen molar-refractivity contribution in [3.63, 3.8) is 0 Å². The van der Waals surface area contributed by atoms with Crippen molar-refractivity contribution < 1.29 is 18.7 Å². The molecule has 2 aromatic carbocycles. The number of para-hydroxylation sites is 2. The number of anilines is 1. The van der Waals surface area contributed by atoms with E-state index in [1.165, 1.54) is 18.2 Å². The van der Waals surface area contributed by atoms with Gasteiger partial charge in [0.05, 0.1) is 12.8 Å². The number of amides is 2. The minimum Gasteiger partial charge on any atom is -0.496 e. The van der Waals surface area contributed by atoms with E-state index in [4.69, 9.17) is 4.74 Å². The number of rotatable bonds is 7. The summed E-state index contributed by atoms with van der Waals surface area (Å²) in [5.74, 6) is -0.538. The molecule has 0 saturated carbocycles. The maximum atomic E-state index is 13.5. The molecule has 2 N–H and O–H groups in total. The van der Waals surface area contributed by atoms with Crippen molar-refractivity contribution in [3.8, 4) is 5.75 Å². The fourth-order valence-electron chi connectivity index (χ4n) is 2.34. The Morgan fingerprint density at radius 1 is 1.12 bits per heavy atom. The van der Waals surface area contributed by atoms with E-state index < -0.39 is 17.8 Å². The zero-order valence-electron chi connectivity index (χ0n) is 14.2. The first-order valence-electron chi connectivity index (χ1n) is 7.98. The summed E-state index contributed by atoms with van der Waals surface area (Å²) in [6.07, 6.45) is 0.717. The van der Waals surface area contributed by atoms with Gasteiger partial charge in [-0.2, -0.15) is 0 Å². The molecule has 1 unspecified atom stereocenters. The quantitative estimate of drug-likeness (QED) is 0.811. The second kappa shape index (κ2) is 8.82. The van der Waals surface area contributed by atoms with Crippen molar-refractivity contribution in [3.05, 3.63) is 59.9 Å². The molecule has 0 aromatic heterocycles. The van der Waals surface area contributed by atoms with Crippen LogP contribution in [0.1, 0.15) is 18.9 Å². The number of nitrogens with one attached hydrogen (secondary N) is 2. The van der Waals surface area contributed by atoms with Crippen molar-refractivity contribution in [2.45, 2.75) is 25.8 Å².